The maximum absolute atomic E-state index is 5.81. The largest absolute Gasteiger partial charge is 0.328 e. The predicted molar refractivity (Wildman–Crippen MR) is 48.5 cm³/mol. The molecule has 0 unspecified atom stereocenters. The van der Waals surface area contributed by atoms with Gasteiger partial charge in [0.25, 0.3) is 0 Å². The number of nitrogens with two attached hydrogens (primary N) is 1. The maximum Gasteiger partial charge on any atom is 0.00390 e. The molecule has 0 aromatic heterocycles. The molecular formula is C9H20N2. The van der Waals surface area contributed by atoms with Crippen molar-refractivity contribution in [1.82, 2.24) is 4.90 Å². The molecule has 11 heavy (non-hydrogen) atoms. The summed E-state index contributed by atoms with van der Waals surface area (Å²) in [6, 6.07) is 0.494. The summed E-state index contributed by atoms with van der Waals surface area (Å²) >= 11 is 0. The molecular weight excluding hydrogens is 136 g/mol. The minimum Gasteiger partial charge on any atom is -0.328 e. The SMILES string of the molecule is CN(C)CC1CCC(N)CC1. The molecule has 0 aromatic rings. The monoisotopic (exact) mass is 156 g/mol. The van der Waals surface area contributed by atoms with Gasteiger partial charge in [0.2, 0.25) is 0 Å². The van der Waals surface area contributed by atoms with Gasteiger partial charge in [-0.3, -0.25) is 0 Å². The van der Waals surface area contributed by atoms with E-state index in [1.54, 1.807) is 0 Å². The predicted octanol–water partition coefficient (Wildman–Crippen LogP) is 1.07. The molecule has 1 rings (SSSR count). The number of nitrogens with zero attached hydrogens (tertiary/aromatic N) is 1. The van der Waals surface area contributed by atoms with E-state index in [1.165, 1.54) is 32.2 Å². The fourth-order valence-corrected chi connectivity index (χ4v) is 1.89. The minimum absolute atomic E-state index is 0.494. The molecule has 0 spiro atoms. The van der Waals surface area contributed by atoms with Crippen molar-refractivity contribution in [2.45, 2.75) is 31.7 Å². The second-order valence-electron chi connectivity index (χ2n) is 4.04. The molecule has 0 heterocycles. The topological polar surface area (TPSA) is 29.3 Å². The van der Waals surface area contributed by atoms with Gasteiger partial charge in [0, 0.05) is 12.6 Å². The Kier molecular flexibility index (Phi) is 3.34. The van der Waals surface area contributed by atoms with Crippen LogP contribution in [0.2, 0.25) is 0 Å². The van der Waals surface area contributed by atoms with Crippen LogP contribution in [0, 0.1) is 5.92 Å². The lowest BCUT2D eigenvalue weighted by Crippen LogP contribution is -2.31. The third kappa shape index (κ3) is 3.21. The van der Waals surface area contributed by atoms with Crippen LogP contribution in [0.1, 0.15) is 25.7 Å². The highest BCUT2D eigenvalue weighted by atomic mass is 15.1. The summed E-state index contributed by atoms with van der Waals surface area (Å²) in [6.07, 6.45) is 5.13. The molecule has 0 aliphatic heterocycles. The normalized spacial score (nSPS) is 32.7. The Bertz CT molecular complexity index is 104. The van der Waals surface area contributed by atoms with Crippen molar-refractivity contribution in [1.29, 1.82) is 0 Å². The van der Waals surface area contributed by atoms with Gasteiger partial charge in [0.1, 0.15) is 0 Å². The van der Waals surface area contributed by atoms with Crippen molar-refractivity contribution in [3.8, 4) is 0 Å². The van der Waals surface area contributed by atoms with Gasteiger partial charge in [-0.2, -0.15) is 0 Å². The van der Waals surface area contributed by atoms with Gasteiger partial charge >= 0.3 is 0 Å². The molecule has 1 fully saturated rings. The van der Waals surface area contributed by atoms with E-state index in [9.17, 15) is 0 Å². The van der Waals surface area contributed by atoms with Crippen LogP contribution >= 0.6 is 0 Å². The first kappa shape index (κ1) is 9.01. The van der Waals surface area contributed by atoms with Crippen LogP contribution in [0.4, 0.5) is 0 Å². The van der Waals surface area contributed by atoms with Gasteiger partial charge in [-0.25, -0.2) is 0 Å². The Labute approximate surface area is 69.8 Å². The highest BCUT2D eigenvalue weighted by molar-refractivity contribution is 4.75. The summed E-state index contributed by atoms with van der Waals surface area (Å²) in [5.41, 5.74) is 5.81. The molecule has 2 heteroatoms. The molecule has 2 nitrogen and oxygen atoms in total. The summed E-state index contributed by atoms with van der Waals surface area (Å²) in [4.78, 5) is 2.28. The quantitative estimate of drug-likeness (QED) is 0.648. The van der Waals surface area contributed by atoms with Gasteiger partial charge in [-0.05, 0) is 45.7 Å². The fourth-order valence-electron chi connectivity index (χ4n) is 1.89. The van der Waals surface area contributed by atoms with Crippen LogP contribution in [-0.4, -0.2) is 31.6 Å². The lowest BCUT2D eigenvalue weighted by atomic mass is 9.86. The van der Waals surface area contributed by atoms with Gasteiger partial charge in [0.15, 0.2) is 0 Å². The van der Waals surface area contributed by atoms with Gasteiger partial charge in [-0.15, -0.1) is 0 Å². The molecule has 0 bridgehead atoms. The summed E-state index contributed by atoms with van der Waals surface area (Å²) < 4.78 is 0. The van der Waals surface area contributed by atoms with Crippen LogP contribution < -0.4 is 5.73 Å². The van der Waals surface area contributed by atoms with Crippen molar-refractivity contribution < 1.29 is 0 Å². The van der Waals surface area contributed by atoms with Crippen LogP contribution in [0.15, 0.2) is 0 Å². The molecule has 0 saturated heterocycles. The lowest BCUT2D eigenvalue weighted by molar-refractivity contribution is 0.250. The molecule has 0 radical (unpaired) electrons. The second kappa shape index (κ2) is 4.07. The Morgan fingerprint density at radius 3 is 2.18 bits per heavy atom. The van der Waals surface area contributed by atoms with Crippen LogP contribution in [-0.2, 0) is 0 Å². The Balaban J connectivity index is 2.17. The lowest BCUT2D eigenvalue weighted by Gasteiger charge is -2.28. The molecule has 1 saturated carbocycles. The zero-order chi connectivity index (χ0) is 8.27. The smallest absolute Gasteiger partial charge is 0.00390 e. The highest BCUT2D eigenvalue weighted by Gasteiger charge is 2.18. The van der Waals surface area contributed by atoms with Crippen molar-refractivity contribution in [2.24, 2.45) is 11.7 Å². The van der Waals surface area contributed by atoms with Crippen molar-refractivity contribution in [3.05, 3.63) is 0 Å². The van der Waals surface area contributed by atoms with E-state index < -0.39 is 0 Å². The third-order valence-electron chi connectivity index (χ3n) is 2.51. The second-order valence-corrected chi connectivity index (χ2v) is 4.04. The Hall–Kier alpha value is -0.0800. The number of hydrogen-bond donors (Lipinski definition) is 1. The summed E-state index contributed by atoms with van der Waals surface area (Å²) in [5.74, 6) is 0.907. The Morgan fingerprint density at radius 1 is 1.18 bits per heavy atom. The van der Waals surface area contributed by atoms with Crippen LogP contribution in [0.3, 0.4) is 0 Å². The number of rotatable bonds is 2. The molecule has 2 N–H and O–H groups in total. The van der Waals surface area contributed by atoms with Crippen molar-refractivity contribution in [3.63, 3.8) is 0 Å². The van der Waals surface area contributed by atoms with E-state index in [0.29, 0.717) is 6.04 Å². The first-order valence-corrected chi connectivity index (χ1v) is 4.59. The summed E-state index contributed by atoms with van der Waals surface area (Å²) in [6.45, 7) is 1.24. The van der Waals surface area contributed by atoms with Crippen LogP contribution in [0.5, 0.6) is 0 Å². The van der Waals surface area contributed by atoms with E-state index >= 15 is 0 Å². The first-order chi connectivity index (χ1) is 5.18. The molecule has 0 atom stereocenters. The number of hydrogen-bond acceptors (Lipinski definition) is 2. The maximum atomic E-state index is 5.81. The standard InChI is InChI=1S/C9H20N2/c1-11(2)7-8-3-5-9(10)6-4-8/h8-9H,3-7,10H2,1-2H3. The average molecular weight is 156 g/mol. The van der Waals surface area contributed by atoms with E-state index in [-0.39, 0.29) is 0 Å². The summed E-state index contributed by atoms with van der Waals surface area (Å²) in [5, 5.41) is 0. The Morgan fingerprint density at radius 2 is 1.73 bits per heavy atom. The molecule has 0 aromatic carbocycles. The molecule has 1 aliphatic rings. The van der Waals surface area contributed by atoms with E-state index in [4.69, 9.17) is 5.73 Å². The van der Waals surface area contributed by atoms with E-state index in [0.717, 1.165) is 5.92 Å². The highest BCUT2D eigenvalue weighted by Crippen LogP contribution is 2.23. The van der Waals surface area contributed by atoms with Crippen molar-refractivity contribution in [2.75, 3.05) is 20.6 Å². The first-order valence-electron chi connectivity index (χ1n) is 4.59. The van der Waals surface area contributed by atoms with E-state index in [1.807, 2.05) is 0 Å². The third-order valence-corrected chi connectivity index (χ3v) is 2.51. The van der Waals surface area contributed by atoms with Gasteiger partial charge < -0.3 is 10.6 Å². The zero-order valence-electron chi connectivity index (χ0n) is 7.71. The minimum atomic E-state index is 0.494. The molecule has 0 amide bonds. The van der Waals surface area contributed by atoms with Crippen LogP contribution in [0.25, 0.3) is 0 Å². The zero-order valence-corrected chi connectivity index (χ0v) is 7.71. The average Bonchev–Trinajstić information content (AvgIpc) is 1.93. The van der Waals surface area contributed by atoms with Gasteiger partial charge in [-0.1, -0.05) is 0 Å². The summed E-state index contributed by atoms with van der Waals surface area (Å²) in [7, 11) is 4.29. The molecule has 66 valence electrons. The molecule has 1 aliphatic carbocycles. The van der Waals surface area contributed by atoms with E-state index in [2.05, 4.69) is 19.0 Å². The van der Waals surface area contributed by atoms with Crippen molar-refractivity contribution >= 4 is 0 Å². The fraction of sp³-hybridized carbons (Fsp3) is 1.00. The van der Waals surface area contributed by atoms with Gasteiger partial charge in [0.05, 0.1) is 0 Å².